The Kier molecular flexibility index (Phi) is 8.09. The summed E-state index contributed by atoms with van der Waals surface area (Å²) >= 11 is 0. The topological polar surface area (TPSA) is 111 Å². The number of benzene rings is 1. The maximum Gasteiger partial charge on any atom is 0.335 e. The van der Waals surface area contributed by atoms with Gasteiger partial charge in [0.05, 0.1) is 31.3 Å². The zero-order valence-corrected chi connectivity index (χ0v) is 19.9. The third-order valence-corrected chi connectivity index (χ3v) is 5.98. The minimum atomic E-state index is -0.519. The number of amides is 2. The van der Waals surface area contributed by atoms with E-state index < -0.39 is 17.8 Å². The Morgan fingerprint density at radius 2 is 1.97 bits per heavy atom. The molecule has 182 valence electrons. The number of ether oxygens (including phenoxy) is 3. The number of carbonyl (C=O) groups is 4. The van der Waals surface area contributed by atoms with Crippen LogP contribution in [0.4, 0.5) is 0 Å². The van der Waals surface area contributed by atoms with Gasteiger partial charge in [-0.15, -0.1) is 0 Å². The number of esters is 1. The zero-order valence-electron chi connectivity index (χ0n) is 19.9. The Morgan fingerprint density at radius 1 is 1.21 bits per heavy atom. The van der Waals surface area contributed by atoms with Gasteiger partial charge in [-0.1, -0.05) is 13.0 Å². The summed E-state index contributed by atoms with van der Waals surface area (Å²) in [6, 6.07) is 4.78. The average Bonchev–Trinajstić information content (AvgIpc) is 3.26. The van der Waals surface area contributed by atoms with Crippen molar-refractivity contribution in [2.24, 2.45) is 11.8 Å². The van der Waals surface area contributed by atoms with Gasteiger partial charge in [0.1, 0.15) is 11.5 Å². The Hall–Kier alpha value is -3.62. The third-order valence-electron chi connectivity index (χ3n) is 5.98. The molecule has 0 spiro atoms. The molecule has 1 aliphatic heterocycles. The van der Waals surface area contributed by atoms with Crippen LogP contribution in [-0.4, -0.2) is 62.4 Å². The van der Waals surface area contributed by atoms with Crippen LogP contribution >= 0.6 is 0 Å². The molecule has 2 atom stereocenters. The van der Waals surface area contributed by atoms with Gasteiger partial charge in [0.2, 0.25) is 5.91 Å². The van der Waals surface area contributed by atoms with Crippen LogP contribution in [0.1, 0.15) is 37.0 Å². The van der Waals surface area contributed by atoms with Crippen LogP contribution in [-0.2, 0) is 19.1 Å². The average molecular weight is 471 g/mol. The maximum absolute atomic E-state index is 13.1. The van der Waals surface area contributed by atoms with Crippen molar-refractivity contribution in [3.63, 3.8) is 0 Å². The van der Waals surface area contributed by atoms with Gasteiger partial charge in [0.25, 0.3) is 5.91 Å². The second-order valence-corrected chi connectivity index (χ2v) is 8.19. The van der Waals surface area contributed by atoms with Gasteiger partial charge < -0.3 is 24.4 Å². The fourth-order valence-corrected chi connectivity index (χ4v) is 4.30. The van der Waals surface area contributed by atoms with E-state index in [0.29, 0.717) is 29.9 Å². The summed E-state index contributed by atoms with van der Waals surface area (Å²) in [5, 5.41) is 2.78. The van der Waals surface area contributed by atoms with Gasteiger partial charge in [-0.05, 0) is 37.5 Å². The van der Waals surface area contributed by atoms with E-state index in [4.69, 9.17) is 14.2 Å². The van der Waals surface area contributed by atoms with Crippen LogP contribution in [0.5, 0.6) is 11.5 Å². The summed E-state index contributed by atoms with van der Waals surface area (Å²) in [6.45, 7) is 3.71. The molecule has 0 bridgehead atoms. The molecule has 0 radical (unpaired) electrons. The molecule has 1 aromatic rings. The molecule has 2 unspecified atom stereocenters. The lowest BCUT2D eigenvalue weighted by molar-refractivity contribution is -0.139. The molecule has 2 aliphatic rings. The lowest BCUT2D eigenvalue weighted by Gasteiger charge is -2.34. The molecule has 3 rings (SSSR count). The molecule has 2 amide bonds. The number of fused-ring (bicyclic) bond motifs is 1. The maximum atomic E-state index is 13.1. The number of hydrogen-bond acceptors (Lipinski definition) is 7. The Balaban J connectivity index is 1.65. The largest absolute Gasteiger partial charge is 0.497 e. The van der Waals surface area contributed by atoms with E-state index in [0.717, 1.165) is 12.0 Å². The van der Waals surface area contributed by atoms with Gasteiger partial charge in [0, 0.05) is 31.3 Å². The molecule has 1 heterocycles. The molecular weight excluding hydrogens is 440 g/mol. The number of carbonyl (C=O) groups excluding carboxylic acids is 4. The number of hydrogen-bond donors (Lipinski definition) is 1. The molecule has 0 saturated carbocycles. The summed E-state index contributed by atoms with van der Waals surface area (Å²) in [4.78, 5) is 51.3. The van der Waals surface area contributed by atoms with Crippen molar-refractivity contribution < 1.29 is 33.4 Å². The summed E-state index contributed by atoms with van der Waals surface area (Å²) < 4.78 is 15.7. The Bertz CT molecular complexity index is 1040. The molecule has 1 aliphatic carbocycles. The summed E-state index contributed by atoms with van der Waals surface area (Å²) in [5.41, 5.74) is 1.57. The summed E-state index contributed by atoms with van der Waals surface area (Å²) in [6.07, 6.45) is 4.76. The van der Waals surface area contributed by atoms with E-state index in [-0.39, 0.29) is 36.5 Å². The molecule has 1 aromatic carbocycles. The first-order valence-electron chi connectivity index (χ1n) is 11.2. The standard InChI is InChI=1S/C25H30N2O7/c1-5-10-27-13-20(25(31)33-4)19-8-6-16(23(19)24(27)30)12-26-22(29)14-34-21-11-17(32-3)7-9-18(21)15(2)28/h6-7,9,11,13,19,23H,5,8,10,12,14H2,1-4H3,(H,26,29). The highest BCUT2D eigenvalue weighted by atomic mass is 16.5. The normalized spacial score (nSPS) is 19.1. The van der Waals surface area contributed by atoms with Crippen molar-refractivity contribution in [1.29, 1.82) is 0 Å². The number of allylic oxidation sites excluding steroid dienone is 1. The van der Waals surface area contributed by atoms with Crippen molar-refractivity contribution in [3.8, 4) is 11.5 Å². The molecule has 0 saturated heterocycles. The smallest absolute Gasteiger partial charge is 0.335 e. The van der Waals surface area contributed by atoms with E-state index in [9.17, 15) is 19.2 Å². The first-order valence-corrected chi connectivity index (χ1v) is 11.2. The summed E-state index contributed by atoms with van der Waals surface area (Å²) in [5.74, 6) is -1.19. The third kappa shape index (κ3) is 5.30. The van der Waals surface area contributed by atoms with E-state index in [1.54, 1.807) is 29.3 Å². The zero-order chi connectivity index (χ0) is 24.8. The molecule has 1 N–H and O–H groups in total. The van der Waals surface area contributed by atoms with Crippen molar-refractivity contribution >= 4 is 23.6 Å². The predicted octanol–water partition coefficient (Wildman–Crippen LogP) is 2.26. The second kappa shape index (κ2) is 11.0. The Labute approximate surface area is 198 Å². The van der Waals surface area contributed by atoms with E-state index >= 15 is 0 Å². The van der Waals surface area contributed by atoms with E-state index in [1.807, 2.05) is 13.0 Å². The molecular formula is C25H30N2O7. The fraction of sp³-hybridized carbons (Fsp3) is 0.440. The van der Waals surface area contributed by atoms with Gasteiger partial charge >= 0.3 is 5.97 Å². The van der Waals surface area contributed by atoms with Gasteiger partial charge in [-0.25, -0.2) is 4.79 Å². The van der Waals surface area contributed by atoms with Crippen LogP contribution in [0.3, 0.4) is 0 Å². The van der Waals surface area contributed by atoms with Crippen molar-refractivity contribution in [3.05, 3.63) is 47.2 Å². The number of ketones is 1. The first kappa shape index (κ1) is 25.0. The van der Waals surface area contributed by atoms with Crippen LogP contribution in [0.15, 0.2) is 41.6 Å². The highest BCUT2D eigenvalue weighted by Crippen LogP contribution is 2.41. The first-order chi connectivity index (χ1) is 16.3. The van der Waals surface area contributed by atoms with Crippen molar-refractivity contribution in [2.45, 2.75) is 26.7 Å². The van der Waals surface area contributed by atoms with Gasteiger partial charge in [-0.2, -0.15) is 0 Å². The van der Waals surface area contributed by atoms with Crippen molar-refractivity contribution in [1.82, 2.24) is 10.2 Å². The quantitative estimate of drug-likeness (QED) is 0.317. The number of Topliss-reactive ketones (excluding diaryl/α,β-unsaturated/α-hetero) is 1. The number of rotatable bonds is 10. The van der Waals surface area contributed by atoms with E-state index in [1.165, 1.54) is 21.1 Å². The molecule has 0 fully saturated rings. The SMILES string of the molecule is CCCN1C=C(C(=O)OC)C2CC=C(CNC(=O)COc3cc(OC)ccc3C(C)=O)C2C1=O. The predicted molar refractivity (Wildman–Crippen MR) is 123 cm³/mol. The van der Waals surface area contributed by atoms with Gasteiger partial charge in [-0.3, -0.25) is 14.4 Å². The van der Waals surface area contributed by atoms with E-state index in [2.05, 4.69) is 5.32 Å². The monoisotopic (exact) mass is 470 g/mol. The molecule has 9 nitrogen and oxygen atoms in total. The molecule has 0 aromatic heterocycles. The van der Waals surface area contributed by atoms with Crippen LogP contribution in [0.25, 0.3) is 0 Å². The minimum Gasteiger partial charge on any atom is -0.497 e. The molecule has 34 heavy (non-hydrogen) atoms. The number of methoxy groups -OCH3 is 2. The lowest BCUT2D eigenvalue weighted by Crippen LogP contribution is -2.44. The highest BCUT2D eigenvalue weighted by molar-refractivity contribution is 5.97. The number of nitrogens with zero attached hydrogens (tertiary/aromatic N) is 1. The Morgan fingerprint density at radius 3 is 2.62 bits per heavy atom. The lowest BCUT2D eigenvalue weighted by atomic mass is 9.81. The van der Waals surface area contributed by atoms with Crippen LogP contribution < -0.4 is 14.8 Å². The molecule has 9 heteroatoms. The summed E-state index contributed by atoms with van der Waals surface area (Å²) in [7, 11) is 2.82. The van der Waals surface area contributed by atoms with Gasteiger partial charge in [0.15, 0.2) is 12.4 Å². The minimum absolute atomic E-state index is 0.0868. The van der Waals surface area contributed by atoms with Crippen LogP contribution in [0.2, 0.25) is 0 Å². The highest BCUT2D eigenvalue weighted by Gasteiger charge is 2.44. The van der Waals surface area contributed by atoms with Crippen LogP contribution in [0, 0.1) is 11.8 Å². The fourth-order valence-electron chi connectivity index (χ4n) is 4.30. The second-order valence-electron chi connectivity index (χ2n) is 8.19. The number of nitrogens with one attached hydrogen (secondary N) is 1. The van der Waals surface area contributed by atoms with Crippen molar-refractivity contribution in [2.75, 3.05) is 33.9 Å².